The standard InChI is InChI=1S/C23H26ClN3O5/c1-23(2,3)32-22(30)26-12-13-5-4-6-14(9-13)20-16-10-15(24)7-8-17(16)27-21(29)18(31-20)11-19(25)28/h4-10,18,20H,11-12H2,1-3H3,(H2,25,28)(H,26,30)(H,27,29). The predicted octanol–water partition coefficient (Wildman–Crippen LogP) is 3.67. The Morgan fingerprint density at radius 1 is 1.22 bits per heavy atom. The van der Waals surface area contributed by atoms with E-state index in [1.165, 1.54) is 0 Å². The molecule has 170 valence electrons. The lowest BCUT2D eigenvalue weighted by atomic mass is 9.98. The van der Waals surface area contributed by atoms with Gasteiger partial charge in [-0.2, -0.15) is 0 Å². The number of carbonyl (C=O) groups is 3. The highest BCUT2D eigenvalue weighted by Crippen LogP contribution is 2.37. The van der Waals surface area contributed by atoms with Crippen LogP contribution in [0.4, 0.5) is 10.5 Å². The van der Waals surface area contributed by atoms with Gasteiger partial charge in [-0.3, -0.25) is 9.59 Å². The third-order valence-electron chi connectivity index (χ3n) is 4.62. The number of ether oxygens (including phenoxy) is 2. The first-order valence-electron chi connectivity index (χ1n) is 10.1. The zero-order valence-electron chi connectivity index (χ0n) is 18.1. The summed E-state index contributed by atoms with van der Waals surface area (Å²) >= 11 is 6.20. The molecule has 0 radical (unpaired) electrons. The van der Waals surface area contributed by atoms with Crippen LogP contribution in [0, 0.1) is 0 Å². The molecule has 0 aromatic heterocycles. The van der Waals surface area contributed by atoms with Gasteiger partial charge in [-0.1, -0.05) is 35.9 Å². The third-order valence-corrected chi connectivity index (χ3v) is 4.86. The van der Waals surface area contributed by atoms with Crippen molar-refractivity contribution in [1.82, 2.24) is 5.32 Å². The molecule has 2 aromatic rings. The second-order valence-electron chi connectivity index (χ2n) is 8.50. The summed E-state index contributed by atoms with van der Waals surface area (Å²) in [6, 6.07) is 12.4. The molecule has 8 nitrogen and oxygen atoms in total. The highest BCUT2D eigenvalue weighted by atomic mass is 35.5. The van der Waals surface area contributed by atoms with Crippen LogP contribution in [0.2, 0.25) is 5.02 Å². The zero-order valence-corrected chi connectivity index (χ0v) is 18.9. The quantitative estimate of drug-likeness (QED) is 0.630. The number of rotatable bonds is 5. The van der Waals surface area contributed by atoms with Crippen molar-refractivity contribution in [3.63, 3.8) is 0 Å². The van der Waals surface area contributed by atoms with Crippen molar-refractivity contribution in [2.45, 2.75) is 51.5 Å². The van der Waals surface area contributed by atoms with Crippen molar-refractivity contribution < 1.29 is 23.9 Å². The van der Waals surface area contributed by atoms with Crippen LogP contribution in [0.5, 0.6) is 0 Å². The van der Waals surface area contributed by atoms with Crippen molar-refractivity contribution in [1.29, 1.82) is 0 Å². The molecule has 0 spiro atoms. The molecule has 2 atom stereocenters. The number of carbonyl (C=O) groups excluding carboxylic acids is 3. The number of hydrogen-bond donors (Lipinski definition) is 3. The number of alkyl carbamates (subject to hydrolysis) is 1. The molecule has 2 aromatic carbocycles. The Balaban J connectivity index is 1.89. The predicted molar refractivity (Wildman–Crippen MR) is 120 cm³/mol. The van der Waals surface area contributed by atoms with Crippen LogP contribution in [0.1, 0.15) is 50.0 Å². The highest BCUT2D eigenvalue weighted by molar-refractivity contribution is 6.30. The first kappa shape index (κ1) is 23.6. The van der Waals surface area contributed by atoms with Crippen molar-refractivity contribution in [3.8, 4) is 0 Å². The number of primary amides is 1. The second-order valence-corrected chi connectivity index (χ2v) is 8.93. The van der Waals surface area contributed by atoms with Crippen LogP contribution in [0.25, 0.3) is 0 Å². The summed E-state index contributed by atoms with van der Waals surface area (Å²) in [4.78, 5) is 36.1. The molecule has 0 saturated heterocycles. The van der Waals surface area contributed by atoms with E-state index in [0.717, 1.165) is 11.1 Å². The summed E-state index contributed by atoms with van der Waals surface area (Å²) in [5.74, 6) is -1.11. The Kier molecular flexibility index (Phi) is 7.06. The largest absolute Gasteiger partial charge is 0.444 e. The van der Waals surface area contributed by atoms with Gasteiger partial charge in [0.15, 0.2) is 0 Å². The van der Waals surface area contributed by atoms with E-state index in [-0.39, 0.29) is 13.0 Å². The molecule has 1 aliphatic heterocycles. The average molecular weight is 460 g/mol. The third kappa shape index (κ3) is 6.21. The van der Waals surface area contributed by atoms with E-state index in [1.54, 1.807) is 39.0 Å². The van der Waals surface area contributed by atoms with E-state index in [2.05, 4.69) is 10.6 Å². The van der Waals surface area contributed by atoms with E-state index < -0.39 is 35.7 Å². The minimum atomic E-state index is -1.06. The maximum atomic E-state index is 12.6. The molecule has 32 heavy (non-hydrogen) atoms. The van der Waals surface area contributed by atoms with Crippen molar-refractivity contribution in [2.24, 2.45) is 5.73 Å². The summed E-state index contributed by atoms with van der Waals surface area (Å²) in [6.45, 7) is 5.60. The fraction of sp³-hybridized carbons (Fsp3) is 0.348. The van der Waals surface area contributed by atoms with Gasteiger partial charge < -0.3 is 25.8 Å². The van der Waals surface area contributed by atoms with Crippen LogP contribution < -0.4 is 16.4 Å². The molecule has 0 aliphatic carbocycles. The van der Waals surface area contributed by atoms with Gasteiger partial charge in [0.1, 0.15) is 17.8 Å². The normalized spacial score (nSPS) is 18.2. The highest BCUT2D eigenvalue weighted by Gasteiger charge is 2.33. The number of nitrogens with one attached hydrogen (secondary N) is 2. The van der Waals surface area contributed by atoms with Crippen LogP contribution in [0.3, 0.4) is 0 Å². The summed E-state index contributed by atoms with van der Waals surface area (Å²) in [5, 5.41) is 5.97. The number of fused-ring (bicyclic) bond motifs is 1. The summed E-state index contributed by atoms with van der Waals surface area (Å²) in [5.41, 5.74) is 7.42. The first-order valence-corrected chi connectivity index (χ1v) is 10.5. The first-order chi connectivity index (χ1) is 15.0. The molecule has 3 rings (SSSR count). The Hall–Kier alpha value is -3.10. The molecule has 0 saturated carbocycles. The van der Waals surface area contributed by atoms with Gasteiger partial charge in [-0.15, -0.1) is 0 Å². The number of amides is 3. The smallest absolute Gasteiger partial charge is 0.407 e. The van der Waals surface area contributed by atoms with E-state index in [9.17, 15) is 14.4 Å². The van der Waals surface area contributed by atoms with Gasteiger partial charge in [0.2, 0.25) is 5.91 Å². The lowest BCUT2D eigenvalue weighted by Crippen LogP contribution is -2.33. The van der Waals surface area contributed by atoms with E-state index >= 15 is 0 Å². The molecular formula is C23H26ClN3O5. The van der Waals surface area contributed by atoms with Crippen molar-refractivity contribution in [3.05, 3.63) is 64.2 Å². The maximum Gasteiger partial charge on any atom is 0.407 e. The van der Waals surface area contributed by atoms with Crippen molar-refractivity contribution in [2.75, 3.05) is 5.32 Å². The second kappa shape index (κ2) is 9.58. The van der Waals surface area contributed by atoms with Crippen molar-refractivity contribution >= 4 is 35.2 Å². The van der Waals surface area contributed by atoms with Crippen LogP contribution in [-0.2, 0) is 25.6 Å². The summed E-state index contributed by atoms with van der Waals surface area (Å²) < 4.78 is 11.3. The zero-order chi connectivity index (χ0) is 23.5. The lowest BCUT2D eigenvalue weighted by Gasteiger charge is -2.22. The molecule has 3 amide bonds. The van der Waals surface area contributed by atoms with E-state index in [4.69, 9.17) is 26.8 Å². The van der Waals surface area contributed by atoms with Crippen LogP contribution in [0.15, 0.2) is 42.5 Å². The molecule has 1 aliphatic rings. The molecule has 1 heterocycles. The molecule has 9 heteroatoms. The Bertz CT molecular complexity index is 1030. The van der Waals surface area contributed by atoms with Gasteiger partial charge in [0.05, 0.1) is 6.42 Å². The topological polar surface area (TPSA) is 120 Å². The van der Waals surface area contributed by atoms with Crippen LogP contribution >= 0.6 is 11.6 Å². The van der Waals surface area contributed by atoms with Gasteiger partial charge >= 0.3 is 6.09 Å². The summed E-state index contributed by atoms with van der Waals surface area (Å²) in [7, 11) is 0. The summed E-state index contributed by atoms with van der Waals surface area (Å²) in [6.07, 6.45) is -2.54. The van der Waals surface area contributed by atoms with Gasteiger partial charge in [0.25, 0.3) is 5.91 Å². The molecular weight excluding hydrogens is 434 g/mol. The Labute approximate surface area is 191 Å². The SMILES string of the molecule is CC(C)(C)OC(=O)NCc1cccc(C2OC(CC(N)=O)C(=O)Nc3ccc(Cl)cc32)c1. The lowest BCUT2D eigenvalue weighted by molar-refractivity contribution is -0.135. The number of nitrogens with two attached hydrogens (primary N) is 1. The molecule has 0 fully saturated rings. The fourth-order valence-corrected chi connectivity index (χ4v) is 3.49. The monoisotopic (exact) mass is 459 g/mol. The minimum Gasteiger partial charge on any atom is -0.444 e. The fourth-order valence-electron chi connectivity index (χ4n) is 3.31. The van der Waals surface area contributed by atoms with Gasteiger partial charge in [-0.05, 0) is 50.1 Å². The Morgan fingerprint density at radius 2 is 1.97 bits per heavy atom. The molecule has 2 unspecified atom stereocenters. The maximum absolute atomic E-state index is 12.6. The molecule has 0 bridgehead atoms. The van der Waals surface area contributed by atoms with E-state index in [1.807, 2.05) is 24.3 Å². The molecule has 4 N–H and O–H groups in total. The number of hydrogen-bond acceptors (Lipinski definition) is 5. The number of halogens is 1. The number of benzene rings is 2. The number of anilines is 1. The minimum absolute atomic E-state index is 0.236. The van der Waals surface area contributed by atoms with Gasteiger partial charge in [0, 0.05) is 22.8 Å². The van der Waals surface area contributed by atoms with Gasteiger partial charge in [-0.25, -0.2) is 4.79 Å². The average Bonchev–Trinajstić information content (AvgIpc) is 2.82. The van der Waals surface area contributed by atoms with Crippen LogP contribution in [-0.4, -0.2) is 29.6 Å². The Morgan fingerprint density at radius 3 is 2.66 bits per heavy atom. The van der Waals surface area contributed by atoms with E-state index in [0.29, 0.717) is 16.3 Å².